The van der Waals surface area contributed by atoms with E-state index in [4.69, 9.17) is 4.74 Å². The Morgan fingerprint density at radius 2 is 1.79 bits per heavy atom. The van der Waals surface area contributed by atoms with Gasteiger partial charge in [0.1, 0.15) is 11.8 Å². The van der Waals surface area contributed by atoms with Gasteiger partial charge in [0.25, 0.3) is 0 Å². The van der Waals surface area contributed by atoms with E-state index in [1.54, 1.807) is 7.05 Å². The number of ether oxygens (including phenoxy) is 1. The van der Waals surface area contributed by atoms with E-state index in [0.29, 0.717) is 13.0 Å². The van der Waals surface area contributed by atoms with Crippen LogP contribution in [0.4, 0.5) is 4.79 Å². The van der Waals surface area contributed by atoms with Crippen LogP contribution in [0.15, 0.2) is 24.3 Å². The zero-order chi connectivity index (χ0) is 18.2. The summed E-state index contributed by atoms with van der Waals surface area (Å²) in [5.41, 5.74) is 0.377. The van der Waals surface area contributed by atoms with Crippen LogP contribution in [-0.2, 0) is 10.3 Å². The minimum Gasteiger partial charge on any atom is -0.494 e. The molecule has 0 aromatic heterocycles. The molecule has 1 rings (SSSR count). The molecule has 6 nitrogen and oxygen atoms in total. The van der Waals surface area contributed by atoms with Crippen LogP contribution in [-0.4, -0.2) is 31.6 Å². The van der Waals surface area contributed by atoms with E-state index in [2.05, 4.69) is 16.0 Å². The number of hydrogen-bond acceptors (Lipinski definition) is 3. The average Bonchev–Trinajstić information content (AvgIpc) is 2.54. The lowest BCUT2D eigenvalue weighted by Crippen LogP contribution is -2.53. The summed E-state index contributed by atoms with van der Waals surface area (Å²) in [6.45, 7) is 8.35. The highest BCUT2D eigenvalue weighted by Crippen LogP contribution is 2.22. The number of amides is 3. The number of urea groups is 1. The van der Waals surface area contributed by atoms with E-state index in [9.17, 15) is 9.59 Å². The fraction of sp³-hybridized carbons (Fsp3) is 0.556. The van der Waals surface area contributed by atoms with Crippen LogP contribution >= 0.6 is 0 Å². The molecule has 1 aromatic rings. The van der Waals surface area contributed by atoms with Crippen molar-refractivity contribution in [3.05, 3.63) is 29.8 Å². The van der Waals surface area contributed by atoms with Gasteiger partial charge < -0.3 is 20.7 Å². The molecule has 24 heavy (non-hydrogen) atoms. The van der Waals surface area contributed by atoms with Crippen LogP contribution in [0.1, 0.15) is 46.1 Å². The van der Waals surface area contributed by atoms with Gasteiger partial charge in [-0.25, -0.2) is 4.79 Å². The monoisotopic (exact) mass is 335 g/mol. The van der Waals surface area contributed by atoms with Crippen LogP contribution in [0.25, 0.3) is 0 Å². The summed E-state index contributed by atoms with van der Waals surface area (Å²) in [4.78, 5) is 24.1. The predicted molar refractivity (Wildman–Crippen MR) is 95.1 cm³/mol. The molecule has 0 bridgehead atoms. The van der Waals surface area contributed by atoms with E-state index < -0.39 is 11.6 Å². The second kappa shape index (κ2) is 9.15. The third-order valence-corrected chi connectivity index (χ3v) is 3.76. The molecule has 0 saturated heterocycles. The van der Waals surface area contributed by atoms with Gasteiger partial charge in [0.2, 0.25) is 5.91 Å². The van der Waals surface area contributed by atoms with E-state index in [1.165, 1.54) is 0 Å². The maximum absolute atomic E-state index is 12.3. The van der Waals surface area contributed by atoms with Gasteiger partial charge in [-0.2, -0.15) is 0 Å². The summed E-state index contributed by atoms with van der Waals surface area (Å²) >= 11 is 0. The van der Waals surface area contributed by atoms with Crippen LogP contribution in [0.2, 0.25) is 0 Å². The van der Waals surface area contributed by atoms with Crippen molar-refractivity contribution in [3.8, 4) is 5.75 Å². The minimum atomic E-state index is -0.575. The molecule has 0 aliphatic heterocycles. The van der Waals surface area contributed by atoms with E-state index in [-0.39, 0.29) is 11.9 Å². The van der Waals surface area contributed by atoms with Gasteiger partial charge in [-0.05, 0) is 44.9 Å². The largest absolute Gasteiger partial charge is 0.494 e. The van der Waals surface area contributed by atoms with Gasteiger partial charge in [0.15, 0.2) is 0 Å². The second-order valence-corrected chi connectivity index (χ2v) is 6.14. The molecule has 0 fully saturated rings. The smallest absolute Gasteiger partial charge is 0.316 e. The molecular formula is C18H29N3O3. The van der Waals surface area contributed by atoms with Crippen molar-refractivity contribution < 1.29 is 14.3 Å². The summed E-state index contributed by atoms with van der Waals surface area (Å²) in [6.07, 6.45) is 1.40. The van der Waals surface area contributed by atoms with Crippen LogP contribution in [0.5, 0.6) is 5.75 Å². The first-order chi connectivity index (χ1) is 11.3. The Morgan fingerprint density at radius 1 is 1.17 bits per heavy atom. The quantitative estimate of drug-likeness (QED) is 0.683. The number of rotatable bonds is 8. The van der Waals surface area contributed by atoms with Gasteiger partial charge in [-0.15, -0.1) is 0 Å². The molecule has 134 valence electrons. The zero-order valence-corrected chi connectivity index (χ0v) is 15.2. The average molecular weight is 335 g/mol. The number of nitrogens with one attached hydrogen (secondary N) is 3. The summed E-state index contributed by atoms with van der Waals surface area (Å²) < 4.78 is 5.43. The maximum Gasteiger partial charge on any atom is 0.316 e. The number of carbonyl (C=O) groups excluding carboxylic acids is 2. The molecule has 1 unspecified atom stereocenters. The Balaban J connectivity index is 2.73. The summed E-state index contributed by atoms with van der Waals surface area (Å²) in [7, 11) is 1.56. The Labute approximate surface area is 144 Å². The zero-order valence-electron chi connectivity index (χ0n) is 15.2. The van der Waals surface area contributed by atoms with E-state index in [1.807, 2.05) is 52.0 Å². The SMILES string of the molecule is CCCC(NC(=O)NC(C)(C)c1ccc(OCC)cc1)C(=O)NC. The van der Waals surface area contributed by atoms with Crippen molar-refractivity contribution in [2.24, 2.45) is 0 Å². The molecule has 1 atom stereocenters. The molecule has 0 radical (unpaired) electrons. The Hall–Kier alpha value is -2.24. The first kappa shape index (κ1) is 19.8. The lowest BCUT2D eigenvalue weighted by Gasteiger charge is -2.28. The molecule has 3 N–H and O–H groups in total. The Morgan fingerprint density at radius 3 is 2.29 bits per heavy atom. The molecule has 0 heterocycles. The van der Waals surface area contributed by atoms with Crippen molar-refractivity contribution in [2.75, 3.05) is 13.7 Å². The highest BCUT2D eigenvalue weighted by molar-refractivity contribution is 5.87. The van der Waals surface area contributed by atoms with E-state index >= 15 is 0 Å². The van der Waals surface area contributed by atoms with Gasteiger partial charge in [0, 0.05) is 7.05 Å². The minimum absolute atomic E-state index is 0.189. The highest BCUT2D eigenvalue weighted by atomic mass is 16.5. The lowest BCUT2D eigenvalue weighted by atomic mass is 9.94. The molecule has 0 saturated carbocycles. The van der Waals surface area contributed by atoms with Crippen molar-refractivity contribution in [3.63, 3.8) is 0 Å². The predicted octanol–water partition coefficient (Wildman–Crippen LogP) is 2.53. The highest BCUT2D eigenvalue weighted by Gasteiger charge is 2.25. The molecule has 3 amide bonds. The van der Waals surface area contributed by atoms with Crippen molar-refractivity contribution in [1.82, 2.24) is 16.0 Å². The summed E-state index contributed by atoms with van der Waals surface area (Å²) in [5, 5.41) is 8.23. The van der Waals surface area contributed by atoms with Crippen molar-refractivity contribution >= 4 is 11.9 Å². The van der Waals surface area contributed by atoms with Gasteiger partial charge >= 0.3 is 6.03 Å². The fourth-order valence-corrected chi connectivity index (χ4v) is 2.42. The fourth-order valence-electron chi connectivity index (χ4n) is 2.42. The molecule has 1 aromatic carbocycles. The van der Waals surface area contributed by atoms with Crippen molar-refractivity contribution in [1.29, 1.82) is 0 Å². The van der Waals surface area contributed by atoms with Gasteiger partial charge in [0.05, 0.1) is 12.1 Å². The van der Waals surface area contributed by atoms with Crippen molar-refractivity contribution in [2.45, 2.75) is 52.1 Å². The number of carbonyl (C=O) groups is 2. The van der Waals surface area contributed by atoms with E-state index in [0.717, 1.165) is 17.7 Å². The first-order valence-corrected chi connectivity index (χ1v) is 8.37. The molecule has 0 spiro atoms. The number of likely N-dealkylation sites (N-methyl/N-ethyl adjacent to an activating group) is 1. The number of hydrogen-bond donors (Lipinski definition) is 3. The lowest BCUT2D eigenvalue weighted by molar-refractivity contribution is -0.122. The first-order valence-electron chi connectivity index (χ1n) is 8.37. The van der Waals surface area contributed by atoms with Crippen LogP contribution < -0.4 is 20.7 Å². The summed E-state index contributed by atoms with van der Waals surface area (Å²) in [5.74, 6) is 0.606. The van der Waals surface area contributed by atoms with Crippen LogP contribution in [0.3, 0.4) is 0 Å². The second-order valence-electron chi connectivity index (χ2n) is 6.14. The summed E-state index contributed by atoms with van der Waals surface area (Å²) in [6, 6.07) is 6.71. The molecular weight excluding hydrogens is 306 g/mol. The third-order valence-electron chi connectivity index (χ3n) is 3.76. The maximum atomic E-state index is 12.3. The Bertz CT molecular complexity index is 541. The van der Waals surface area contributed by atoms with Gasteiger partial charge in [-0.3, -0.25) is 4.79 Å². The molecule has 0 aliphatic rings. The standard InChI is InChI=1S/C18H29N3O3/c1-6-8-15(16(22)19-5)20-17(23)21-18(3,4)13-9-11-14(12-10-13)24-7-2/h9-12,15H,6-8H2,1-5H3,(H,19,22)(H2,20,21,23). The topological polar surface area (TPSA) is 79.5 Å². The Kier molecular flexibility index (Phi) is 7.55. The normalized spacial score (nSPS) is 12.2. The molecule has 6 heteroatoms. The number of benzene rings is 1. The molecule has 0 aliphatic carbocycles. The van der Waals surface area contributed by atoms with Gasteiger partial charge in [-0.1, -0.05) is 25.5 Å². The third kappa shape index (κ3) is 5.76. The van der Waals surface area contributed by atoms with Crippen LogP contribution in [0, 0.1) is 0 Å².